The van der Waals surface area contributed by atoms with E-state index in [0.29, 0.717) is 11.7 Å². The zero-order valence-corrected chi connectivity index (χ0v) is 14.3. The van der Waals surface area contributed by atoms with E-state index in [4.69, 9.17) is 9.47 Å². The highest BCUT2D eigenvalue weighted by Crippen LogP contribution is 2.24. The van der Waals surface area contributed by atoms with Gasteiger partial charge >= 0.3 is 5.97 Å². The van der Waals surface area contributed by atoms with Crippen molar-refractivity contribution in [2.24, 2.45) is 5.92 Å². The molecule has 1 saturated carbocycles. The molecule has 5 nitrogen and oxygen atoms in total. The van der Waals surface area contributed by atoms with Gasteiger partial charge in [0.25, 0.3) is 5.91 Å². The van der Waals surface area contributed by atoms with Gasteiger partial charge in [0.15, 0.2) is 6.10 Å². The van der Waals surface area contributed by atoms with Crippen LogP contribution in [0.15, 0.2) is 18.2 Å². The summed E-state index contributed by atoms with van der Waals surface area (Å²) in [5.74, 6) is -1.25. The van der Waals surface area contributed by atoms with Crippen LogP contribution in [0.4, 0.5) is 4.39 Å². The molecule has 1 aliphatic carbocycles. The van der Waals surface area contributed by atoms with Crippen LogP contribution in [-0.4, -0.2) is 31.1 Å². The van der Waals surface area contributed by atoms with Gasteiger partial charge in [-0.25, -0.2) is 9.18 Å². The molecule has 1 aromatic rings. The summed E-state index contributed by atoms with van der Waals surface area (Å²) in [6.45, 7) is 3.59. The highest BCUT2D eigenvalue weighted by atomic mass is 19.1. The minimum absolute atomic E-state index is 0.102. The predicted molar refractivity (Wildman–Crippen MR) is 87.4 cm³/mol. The van der Waals surface area contributed by atoms with Crippen molar-refractivity contribution in [2.75, 3.05) is 7.11 Å². The maximum absolute atomic E-state index is 13.9. The largest absolute Gasteiger partial charge is 0.497 e. The van der Waals surface area contributed by atoms with Crippen molar-refractivity contribution in [3.05, 3.63) is 29.6 Å². The third kappa shape index (κ3) is 4.46. The lowest BCUT2D eigenvalue weighted by Gasteiger charge is -2.30. The number of amides is 1. The Labute approximate surface area is 141 Å². The molecule has 3 atom stereocenters. The second-order valence-electron chi connectivity index (χ2n) is 6.27. The number of ether oxygens (including phenoxy) is 2. The second-order valence-corrected chi connectivity index (χ2v) is 6.27. The molecule has 1 N–H and O–H groups in total. The Balaban J connectivity index is 1.94. The number of carbonyl (C=O) groups is 2. The first-order chi connectivity index (χ1) is 11.4. The lowest BCUT2D eigenvalue weighted by molar-refractivity contribution is -0.130. The Kier molecular flexibility index (Phi) is 6.17. The normalized spacial score (nSPS) is 21.7. The Morgan fingerprint density at radius 2 is 2.00 bits per heavy atom. The van der Waals surface area contributed by atoms with Gasteiger partial charge in [-0.15, -0.1) is 0 Å². The van der Waals surface area contributed by atoms with E-state index in [2.05, 4.69) is 12.2 Å². The summed E-state index contributed by atoms with van der Waals surface area (Å²) in [5.41, 5.74) is -0.221. The first-order valence-electron chi connectivity index (χ1n) is 8.27. The summed E-state index contributed by atoms with van der Waals surface area (Å²) in [5, 5.41) is 2.93. The molecule has 0 unspecified atom stereocenters. The minimum atomic E-state index is -0.979. The van der Waals surface area contributed by atoms with Crippen molar-refractivity contribution in [1.29, 1.82) is 0 Å². The fourth-order valence-electron chi connectivity index (χ4n) is 2.90. The smallest absolute Gasteiger partial charge is 0.341 e. The zero-order chi connectivity index (χ0) is 17.7. The number of hydrogen-bond donors (Lipinski definition) is 1. The molecule has 0 spiro atoms. The van der Waals surface area contributed by atoms with Gasteiger partial charge in [-0.05, 0) is 37.8 Å². The van der Waals surface area contributed by atoms with E-state index < -0.39 is 17.9 Å². The molecule has 132 valence electrons. The Bertz CT molecular complexity index is 605. The topological polar surface area (TPSA) is 64.6 Å². The second kappa shape index (κ2) is 8.13. The van der Waals surface area contributed by atoms with Crippen LogP contribution in [0.2, 0.25) is 0 Å². The van der Waals surface area contributed by atoms with Crippen LogP contribution in [0.5, 0.6) is 5.75 Å². The molecular weight excluding hydrogens is 313 g/mol. The highest BCUT2D eigenvalue weighted by molar-refractivity contribution is 5.92. The maximum Gasteiger partial charge on any atom is 0.341 e. The average Bonchev–Trinajstić information content (AvgIpc) is 2.56. The Hall–Kier alpha value is -2.11. The molecule has 0 heterocycles. The van der Waals surface area contributed by atoms with Crippen LogP contribution in [0.3, 0.4) is 0 Å². The van der Waals surface area contributed by atoms with Gasteiger partial charge < -0.3 is 14.8 Å². The van der Waals surface area contributed by atoms with Gasteiger partial charge in [0.1, 0.15) is 11.6 Å². The summed E-state index contributed by atoms with van der Waals surface area (Å²) in [6, 6.07) is 3.95. The first kappa shape index (κ1) is 18.2. The van der Waals surface area contributed by atoms with Crippen molar-refractivity contribution in [3.8, 4) is 5.75 Å². The van der Waals surface area contributed by atoms with E-state index in [-0.39, 0.29) is 17.5 Å². The zero-order valence-electron chi connectivity index (χ0n) is 14.3. The van der Waals surface area contributed by atoms with Crippen LogP contribution in [0.25, 0.3) is 0 Å². The summed E-state index contributed by atoms with van der Waals surface area (Å²) in [4.78, 5) is 24.3. The van der Waals surface area contributed by atoms with Crippen molar-refractivity contribution in [2.45, 2.75) is 51.7 Å². The molecule has 1 fully saturated rings. The fraction of sp³-hybridized carbons (Fsp3) is 0.556. The van der Waals surface area contributed by atoms with Gasteiger partial charge in [-0.2, -0.15) is 0 Å². The van der Waals surface area contributed by atoms with Crippen molar-refractivity contribution in [1.82, 2.24) is 5.32 Å². The number of carbonyl (C=O) groups excluding carboxylic acids is 2. The minimum Gasteiger partial charge on any atom is -0.497 e. The van der Waals surface area contributed by atoms with Gasteiger partial charge in [-0.1, -0.05) is 19.8 Å². The van der Waals surface area contributed by atoms with Gasteiger partial charge in [0.2, 0.25) is 0 Å². The molecule has 0 aliphatic heterocycles. The van der Waals surface area contributed by atoms with Crippen LogP contribution in [0.1, 0.15) is 49.9 Å². The lowest BCUT2D eigenvalue weighted by Crippen LogP contribution is -2.46. The maximum atomic E-state index is 13.9. The molecule has 24 heavy (non-hydrogen) atoms. The van der Waals surface area contributed by atoms with Gasteiger partial charge in [0.05, 0.1) is 12.7 Å². The molecule has 0 bridgehead atoms. The molecule has 6 heteroatoms. The van der Waals surface area contributed by atoms with E-state index in [1.807, 2.05) is 0 Å². The molecule has 0 aromatic heterocycles. The molecule has 1 aromatic carbocycles. The third-order valence-corrected chi connectivity index (χ3v) is 4.49. The molecule has 0 saturated heterocycles. The number of benzene rings is 1. The highest BCUT2D eigenvalue weighted by Gasteiger charge is 2.27. The Morgan fingerprint density at radius 1 is 1.29 bits per heavy atom. The lowest BCUT2D eigenvalue weighted by atomic mass is 9.86. The van der Waals surface area contributed by atoms with E-state index in [1.165, 1.54) is 32.6 Å². The molecule has 1 aliphatic rings. The number of hydrogen-bond acceptors (Lipinski definition) is 4. The van der Waals surface area contributed by atoms with Crippen LogP contribution >= 0.6 is 0 Å². The standard InChI is InChI=1S/C18H24FNO4/c1-11-6-4-5-7-16(11)20-17(21)12(2)24-18(22)14-9-8-13(23-3)10-15(14)19/h8-12,16H,4-7H2,1-3H3,(H,20,21)/t11-,12+,16+/m0/s1. The third-order valence-electron chi connectivity index (χ3n) is 4.49. The number of methoxy groups -OCH3 is 1. The summed E-state index contributed by atoms with van der Waals surface area (Å²) in [7, 11) is 1.41. The predicted octanol–water partition coefficient (Wildman–Crippen LogP) is 3.07. The molecule has 0 radical (unpaired) electrons. The number of halogens is 1. The number of esters is 1. The van der Waals surface area contributed by atoms with Crippen molar-refractivity contribution < 1.29 is 23.5 Å². The van der Waals surface area contributed by atoms with Crippen LogP contribution in [-0.2, 0) is 9.53 Å². The summed E-state index contributed by atoms with van der Waals surface area (Å²) in [6.07, 6.45) is 3.29. The fourth-order valence-corrected chi connectivity index (χ4v) is 2.90. The van der Waals surface area contributed by atoms with E-state index >= 15 is 0 Å². The van der Waals surface area contributed by atoms with Gasteiger partial charge in [-0.3, -0.25) is 4.79 Å². The molecule has 2 rings (SSSR count). The van der Waals surface area contributed by atoms with Gasteiger partial charge in [0, 0.05) is 12.1 Å². The van der Waals surface area contributed by atoms with Crippen LogP contribution in [0, 0.1) is 11.7 Å². The van der Waals surface area contributed by atoms with E-state index in [1.54, 1.807) is 0 Å². The average molecular weight is 337 g/mol. The monoisotopic (exact) mass is 337 g/mol. The first-order valence-corrected chi connectivity index (χ1v) is 8.27. The summed E-state index contributed by atoms with van der Waals surface area (Å²) < 4.78 is 23.9. The number of rotatable bonds is 5. The SMILES string of the molecule is COc1ccc(C(=O)O[C@H](C)C(=O)N[C@@H]2CCCC[C@@H]2C)c(F)c1. The van der Waals surface area contributed by atoms with E-state index in [9.17, 15) is 14.0 Å². The number of nitrogens with one attached hydrogen (secondary N) is 1. The van der Waals surface area contributed by atoms with Crippen molar-refractivity contribution >= 4 is 11.9 Å². The molecule has 1 amide bonds. The van der Waals surface area contributed by atoms with Crippen LogP contribution < -0.4 is 10.1 Å². The Morgan fingerprint density at radius 3 is 2.62 bits per heavy atom. The summed E-state index contributed by atoms with van der Waals surface area (Å²) >= 11 is 0. The molecular formula is C18H24FNO4. The quantitative estimate of drug-likeness (QED) is 0.839. The van der Waals surface area contributed by atoms with E-state index in [0.717, 1.165) is 25.3 Å². The van der Waals surface area contributed by atoms with Crippen molar-refractivity contribution in [3.63, 3.8) is 0 Å².